The molecular formula is C14H21NO2. The third-order valence-electron chi connectivity index (χ3n) is 3.70. The Morgan fingerprint density at radius 2 is 1.88 bits per heavy atom. The van der Waals surface area contributed by atoms with Crippen LogP contribution >= 0.6 is 0 Å². The number of phenols is 2. The second kappa shape index (κ2) is 4.96. The number of fused-ring (bicyclic) bond motifs is 1. The number of aryl methyl sites for hydroxylation is 1. The van der Waals surface area contributed by atoms with E-state index in [9.17, 15) is 10.2 Å². The molecule has 0 aliphatic heterocycles. The molecule has 1 aliphatic rings. The van der Waals surface area contributed by atoms with Crippen molar-refractivity contribution in [3.05, 3.63) is 23.3 Å². The summed E-state index contributed by atoms with van der Waals surface area (Å²) in [6, 6.07) is 3.99. The van der Waals surface area contributed by atoms with Gasteiger partial charge in [-0.05, 0) is 62.5 Å². The summed E-state index contributed by atoms with van der Waals surface area (Å²) in [5.74, 6) is 0.00616. The molecule has 0 saturated heterocycles. The van der Waals surface area contributed by atoms with Gasteiger partial charge in [-0.15, -0.1) is 0 Å². The molecule has 1 aliphatic carbocycles. The molecule has 1 aromatic carbocycles. The van der Waals surface area contributed by atoms with Gasteiger partial charge in [-0.25, -0.2) is 0 Å². The number of hydrogen-bond donors (Lipinski definition) is 2. The fourth-order valence-corrected chi connectivity index (χ4v) is 2.68. The van der Waals surface area contributed by atoms with Crippen LogP contribution in [0.15, 0.2) is 12.1 Å². The van der Waals surface area contributed by atoms with Crippen molar-refractivity contribution in [2.45, 2.75) is 38.6 Å². The zero-order valence-corrected chi connectivity index (χ0v) is 10.6. The van der Waals surface area contributed by atoms with Crippen LogP contribution in [0.2, 0.25) is 0 Å². The van der Waals surface area contributed by atoms with Gasteiger partial charge in [0.15, 0.2) is 11.5 Å². The minimum atomic E-state index is 0.00236. The first kappa shape index (κ1) is 12.2. The molecule has 0 fully saturated rings. The summed E-state index contributed by atoms with van der Waals surface area (Å²) >= 11 is 0. The van der Waals surface area contributed by atoms with E-state index in [0.717, 1.165) is 25.8 Å². The van der Waals surface area contributed by atoms with Gasteiger partial charge in [0.25, 0.3) is 0 Å². The summed E-state index contributed by atoms with van der Waals surface area (Å²) in [6.07, 6.45) is 4.26. The summed E-state index contributed by atoms with van der Waals surface area (Å²) in [4.78, 5) is 2.40. The minimum Gasteiger partial charge on any atom is -0.504 e. The van der Waals surface area contributed by atoms with E-state index in [-0.39, 0.29) is 11.5 Å². The summed E-state index contributed by atoms with van der Waals surface area (Å²) in [5, 5.41) is 19.0. The number of benzene rings is 1. The van der Waals surface area contributed by atoms with Gasteiger partial charge in [0.1, 0.15) is 0 Å². The fraction of sp³-hybridized carbons (Fsp3) is 0.571. The molecule has 0 heterocycles. The summed E-state index contributed by atoms with van der Waals surface area (Å²) in [6.45, 7) is 3.31. The average molecular weight is 234 g/mol. The van der Waals surface area contributed by atoms with Crippen LogP contribution in [0.3, 0.4) is 0 Å². The smallest absolute Gasteiger partial charge is 0.157 e. The van der Waals surface area contributed by atoms with Crippen LogP contribution in [0.4, 0.5) is 0 Å². The number of aromatic hydroxyl groups is 2. The van der Waals surface area contributed by atoms with Gasteiger partial charge in [-0.2, -0.15) is 0 Å². The Morgan fingerprint density at radius 1 is 1.24 bits per heavy atom. The molecule has 1 atom stereocenters. The molecule has 0 radical (unpaired) electrons. The lowest BCUT2D eigenvalue weighted by molar-refractivity contribution is 0.222. The Balaban J connectivity index is 2.15. The van der Waals surface area contributed by atoms with Crippen LogP contribution in [-0.2, 0) is 12.8 Å². The van der Waals surface area contributed by atoms with Crippen molar-refractivity contribution in [1.82, 2.24) is 4.90 Å². The van der Waals surface area contributed by atoms with Crippen molar-refractivity contribution in [2.24, 2.45) is 0 Å². The molecule has 2 N–H and O–H groups in total. The first-order valence-corrected chi connectivity index (χ1v) is 6.35. The van der Waals surface area contributed by atoms with E-state index in [1.54, 1.807) is 12.1 Å². The maximum atomic E-state index is 9.54. The number of phenolic OH excluding ortho intramolecular Hbond substituents is 2. The average Bonchev–Trinajstić information content (AvgIpc) is 2.30. The van der Waals surface area contributed by atoms with Gasteiger partial charge in [0.05, 0.1) is 0 Å². The van der Waals surface area contributed by atoms with Crippen molar-refractivity contribution in [3.63, 3.8) is 0 Å². The predicted molar refractivity (Wildman–Crippen MR) is 68.5 cm³/mol. The monoisotopic (exact) mass is 234 g/mol. The molecule has 0 aromatic heterocycles. The van der Waals surface area contributed by atoms with Crippen molar-refractivity contribution in [1.29, 1.82) is 0 Å². The van der Waals surface area contributed by atoms with Crippen molar-refractivity contribution in [3.8, 4) is 11.5 Å². The van der Waals surface area contributed by atoms with Gasteiger partial charge < -0.3 is 15.1 Å². The second-order valence-electron chi connectivity index (χ2n) is 4.99. The molecule has 94 valence electrons. The Kier molecular flexibility index (Phi) is 3.57. The van der Waals surface area contributed by atoms with E-state index in [1.807, 2.05) is 0 Å². The highest BCUT2D eigenvalue weighted by Gasteiger charge is 2.22. The predicted octanol–water partition coefficient (Wildman–Crippen LogP) is 2.30. The lowest BCUT2D eigenvalue weighted by Gasteiger charge is -2.32. The Morgan fingerprint density at radius 3 is 2.53 bits per heavy atom. The van der Waals surface area contributed by atoms with E-state index in [4.69, 9.17) is 0 Å². The van der Waals surface area contributed by atoms with Gasteiger partial charge in [-0.3, -0.25) is 0 Å². The molecule has 3 heteroatoms. The first-order chi connectivity index (χ1) is 8.11. The molecule has 1 unspecified atom stereocenters. The second-order valence-corrected chi connectivity index (χ2v) is 4.99. The largest absolute Gasteiger partial charge is 0.504 e. The zero-order chi connectivity index (χ0) is 12.4. The van der Waals surface area contributed by atoms with Crippen molar-refractivity contribution >= 4 is 0 Å². The van der Waals surface area contributed by atoms with Gasteiger partial charge in [0.2, 0.25) is 0 Å². The van der Waals surface area contributed by atoms with Gasteiger partial charge in [-0.1, -0.05) is 6.92 Å². The molecule has 0 bridgehead atoms. The third-order valence-corrected chi connectivity index (χ3v) is 3.70. The fourth-order valence-electron chi connectivity index (χ4n) is 2.68. The van der Waals surface area contributed by atoms with Crippen LogP contribution in [0.1, 0.15) is 30.9 Å². The van der Waals surface area contributed by atoms with E-state index >= 15 is 0 Å². The quantitative estimate of drug-likeness (QED) is 0.789. The minimum absolute atomic E-state index is 0.00236. The van der Waals surface area contributed by atoms with Crippen molar-refractivity contribution < 1.29 is 10.2 Å². The molecule has 0 spiro atoms. The standard InChI is InChI=1S/C14H21NO2/c1-3-6-15(2)12-5-4-10-8-13(16)14(17)9-11(10)7-12/h8-9,12,16-17H,3-7H2,1-2H3/i2-1. The summed E-state index contributed by atoms with van der Waals surface area (Å²) in [5.41, 5.74) is 2.36. The van der Waals surface area contributed by atoms with E-state index in [1.165, 1.54) is 17.5 Å². The molecule has 1 aromatic rings. The summed E-state index contributed by atoms with van der Waals surface area (Å²) in [7, 11) is 2.17. The van der Waals surface area contributed by atoms with E-state index in [0.29, 0.717) is 6.04 Å². The maximum absolute atomic E-state index is 9.54. The molecular weight excluding hydrogens is 213 g/mol. The highest BCUT2D eigenvalue weighted by molar-refractivity contribution is 5.46. The number of hydrogen-bond acceptors (Lipinski definition) is 3. The Bertz CT molecular complexity index is 403. The summed E-state index contributed by atoms with van der Waals surface area (Å²) < 4.78 is 0. The van der Waals surface area contributed by atoms with E-state index < -0.39 is 0 Å². The van der Waals surface area contributed by atoms with Gasteiger partial charge in [0, 0.05) is 6.04 Å². The highest BCUT2D eigenvalue weighted by Crippen LogP contribution is 2.33. The number of rotatable bonds is 3. The zero-order valence-electron chi connectivity index (χ0n) is 10.6. The van der Waals surface area contributed by atoms with Crippen LogP contribution in [0, 0.1) is 0 Å². The van der Waals surface area contributed by atoms with Crippen LogP contribution in [0.5, 0.6) is 11.5 Å². The lowest BCUT2D eigenvalue weighted by atomic mass is 9.86. The third kappa shape index (κ3) is 2.55. The first-order valence-electron chi connectivity index (χ1n) is 6.35. The van der Waals surface area contributed by atoms with E-state index in [2.05, 4.69) is 18.9 Å². The highest BCUT2D eigenvalue weighted by atomic mass is 16.3. The maximum Gasteiger partial charge on any atom is 0.157 e. The number of nitrogens with zero attached hydrogens (tertiary/aromatic N) is 1. The molecule has 0 saturated carbocycles. The Labute approximate surface area is 103 Å². The normalized spacial score (nSPS) is 19.4. The lowest BCUT2D eigenvalue weighted by Crippen LogP contribution is -2.36. The molecule has 2 rings (SSSR count). The van der Waals surface area contributed by atoms with Gasteiger partial charge >= 0.3 is 0 Å². The SMILES string of the molecule is CCCN([11CH3])C1CCc2cc(O)c(O)cc2C1. The van der Waals surface area contributed by atoms with Crippen LogP contribution < -0.4 is 0 Å². The Hall–Kier alpha value is -1.22. The van der Waals surface area contributed by atoms with Crippen LogP contribution in [0.25, 0.3) is 0 Å². The topological polar surface area (TPSA) is 43.7 Å². The molecule has 17 heavy (non-hydrogen) atoms. The number of likely N-dealkylation sites (N-methyl/N-ethyl adjacent to an activating group) is 1. The van der Waals surface area contributed by atoms with Crippen molar-refractivity contribution in [2.75, 3.05) is 13.6 Å². The molecule has 3 nitrogen and oxygen atoms in total. The van der Waals surface area contributed by atoms with Crippen LogP contribution in [-0.4, -0.2) is 34.7 Å². The molecule has 0 amide bonds.